The average Bonchev–Trinajstić information content (AvgIpc) is 3.16. The monoisotopic (exact) mass is 284 g/mol. The van der Waals surface area contributed by atoms with Gasteiger partial charge < -0.3 is 9.88 Å². The van der Waals surface area contributed by atoms with Gasteiger partial charge in [-0.05, 0) is 11.6 Å². The SMILES string of the molecule is c1cncc(C2NCCn3c(-c4cncs4)nnc32)c1. The number of nitrogens with one attached hydrogen (secondary N) is 1. The lowest BCUT2D eigenvalue weighted by molar-refractivity contribution is 0.457. The van der Waals surface area contributed by atoms with E-state index in [-0.39, 0.29) is 6.04 Å². The van der Waals surface area contributed by atoms with Crippen LogP contribution in [-0.2, 0) is 6.54 Å². The van der Waals surface area contributed by atoms with Crippen LogP contribution in [0.25, 0.3) is 10.7 Å². The van der Waals surface area contributed by atoms with E-state index in [1.807, 2.05) is 24.0 Å². The van der Waals surface area contributed by atoms with E-state index >= 15 is 0 Å². The average molecular weight is 284 g/mol. The van der Waals surface area contributed by atoms with Crippen LogP contribution in [0.1, 0.15) is 17.4 Å². The van der Waals surface area contributed by atoms with Gasteiger partial charge in [0.2, 0.25) is 0 Å². The molecule has 0 fully saturated rings. The predicted molar refractivity (Wildman–Crippen MR) is 75.2 cm³/mol. The summed E-state index contributed by atoms with van der Waals surface area (Å²) < 4.78 is 2.17. The molecule has 1 aliphatic rings. The fourth-order valence-electron chi connectivity index (χ4n) is 2.48. The molecule has 4 heterocycles. The summed E-state index contributed by atoms with van der Waals surface area (Å²) in [4.78, 5) is 9.35. The van der Waals surface area contributed by atoms with Crippen LogP contribution in [-0.4, -0.2) is 31.3 Å². The summed E-state index contributed by atoms with van der Waals surface area (Å²) in [7, 11) is 0. The second-order valence-electron chi connectivity index (χ2n) is 4.57. The van der Waals surface area contributed by atoms with Crippen molar-refractivity contribution in [1.29, 1.82) is 0 Å². The van der Waals surface area contributed by atoms with Crippen LogP contribution < -0.4 is 5.32 Å². The Morgan fingerprint density at radius 3 is 3.05 bits per heavy atom. The number of thiazole rings is 1. The fourth-order valence-corrected chi connectivity index (χ4v) is 3.10. The van der Waals surface area contributed by atoms with E-state index in [9.17, 15) is 0 Å². The van der Waals surface area contributed by atoms with Gasteiger partial charge in [0, 0.05) is 31.7 Å². The largest absolute Gasteiger partial charge is 0.307 e. The molecule has 0 saturated heterocycles. The van der Waals surface area contributed by atoms with Crippen molar-refractivity contribution in [2.45, 2.75) is 12.6 Å². The number of pyridine rings is 1. The van der Waals surface area contributed by atoms with Gasteiger partial charge >= 0.3 is 0 Å². The van der Waals surface area contributed by atoms with Gasteiger partial charge in [-0.2, -0.15) is 0 Å². The lowest BCUT2D eigenvalue weighted by Crippen LogP contribution is -2.34. The van der Waals surface area contributed by atoms with Gasteiger partial charge in [-0.25, -0.2) is 0 Å². The normalized spacial score (nSPS) is 17.9. The Balaban J connectivity index is 1.80. The molecule has 0 radical (unpaired) electrons. The maximum Gasteiger partial charge on any atom is 0.175 e. The summed E-state index contributed by atoms with van der Waals surface area (Å²) in [5, 5.41) is 12.2. The van der Waals surface area contributed by atoms with Gasteiger partial charge in [-0.3, -0.25) is 9.97 Å². The molecule has 0 bridgehead atoms. The van der Waals surface area contributed by atoms with Gasteiger partial charge in [0.15, 0.2) is 11.6 Å². The molecular weight excluding hydrogens is 272 g/mol. The number of aromatic nitrogens is 5. The number of nitrogens with zero attached hydrogens (tertiary/aromatic N) is 5. The fraction of sp³-hybridized carbons (Fsp3) is 0.231. The summed E-state index contributed by atoms with van der Waals surface area (Å²) in [6, 6.07) is 4.05. The van der Waals surface area contributed by atoms with E-state index in [0.717, 1.165) is 35.2 Å². The second-order valence-corrected chi connectivity index (χ2v) is 5.46. The molecule has 20 heavy (non-hydrogen) atoms. The third-order valence-corrected chi connectivity index (χ3v) is 4.16. The first-order valence-electron chi connectivity index (χ1n) is 6.39. The quantitative estimate of drug-likeness (QED) is 0.772. The molecule has 3 aromatic rings. The Bertz CT molecular complexity index is 706. The zero-order valence-electron chi connectivity index (χ0n) is 10.6. The summed E-state index contributed by atoms with van der Waals surface area (Å²) in [5.74, 6) is 1.84. The number of hydrogen-bond donors (Lipinski definition) is 1. The lowest BCUT2D eigenvalue weighted by Gasteiger charge is -2.24. The summed E-state index contributed by atoms with van der Waals surface area (Å²) >= 11 is 1.58. The van der Waals surface area contributed by atoms with Crippen molar-refractivity contribution in [2.75, 3.05) is 6.54 Å². The van der Waals surface area contributed by atoms with E-state index in [1.54, 1.807) is 17.5 Å². The first-order chi connectivity index (χ1) is 9.93. The molecule has 1 atom stereocenters. The highest BCUT2D eigenvalue weighted by atomic mass is 32.1. The molecule has 0 aliphatic carbocycles. The Morgan fingerprint density at radius 1 is 1.25 bits per heavy atom. The first-order valence-corrected chi connectivity index (χ1v) is 7.27. The van der Waals surface area contributed by atoms with Crippen LogP contribution in [0.3, 0.4) is 0 Å². The van der Waals surface area contributed by atoms with E-state index in [2.05, 4.69) is 36.1 Å². The number of hydrogen-bond acceptors (Lipinski definition) is 6. The van der Waals surface area contributed by atoms with E-state index in [0.29, 0.717) is 0 Å². The van der Waals surface area contributed by atoms with Gasteiger partial charge in [0.25, 0.3) is 0 Å². The molecule has 1 unspecified atom stereocenters. The Morgan fingerprint density at radius 2 is 2.25 bits per heavy atom. The highest BCUT2D eigenvalue weighted by molar-refractivity contribution is 7.13. The maximum atomic E-state index is 4.37. The van der Waals surface area contributed by atoms with Gasteiger partial charge in [0.1, 0.15) is 0 Å². The summed E-state index contributed by atoms with van der Waals surface area (Å²) in [6.45, 7) is 1.75. The second kappa shape index (κ2) is 4.77. The van der Waals surface area contributed by atoms with E-state index in [4.69, 9.17) is 0 Å². The lowest BCUT2D eigenvalue weighted by atomic mass is 10.1. The Labute approximate surface area is 119 Å². The summed E-state index contributed by atoms with van der Waals surface area (Å²) in [6.07, 6.45) is 5.48. The van der Waals surface area contributed by atoms with Gasteiger partial charge in [-0.15, -0.1) is 21.5 Å². The van der Waals surface area contributed by atoms with Crippen molar-refractivity contribution in [3.63, 3.8) is 0 Å². The van der Waals surface area contributed by atoms with E-state index in [1.165, 1.54) is 0 Å². The standard InChI is InChI=1S/C13H12N6S/c1-2-9(6-14-3-1)11-13-18-17-12(10-7-15-8-20-10)19(13)5-4-16-11/h1-3,6-8,11,16H,4-5H2. The molecule has 4 rings (SSSR count). The van der Waals surface area contributed by atoms with Crippen LogP contribution in [0.4, 0.5) is 0 Å². The maximum absolute atomic E-state index is 4.37. The van der Waals surface area contributed by atoms with Crippen molar-refractivity contribution in [1.82, 2.24) is 30.0 Å². The molecule has 1 aliphatic heterocycles. The topological polar surface area (TPSA) is 68.5 Å². The van der Waals surface area contributed by atoms with Gasteiger partial charge in [0.05, 0.1) is 16.4 Å². The molecular formula is C13H12N6S. The minimum Gasteiger partial charge on any atom is -0.307 e. The van der Waals surface area contributed by atoms with E-state index < -0.39 is 0 Å². The van der Waals surface area contributed by atoms with Crippen molar-refractivity contribution < 1.29 is 0 Å². The minimum atomic E-state index is 0.0478. The zero-order chi connectivity index (χ0) is 13.4. The third kappa shape index (κ3) is 1.83. The smallest absolute Gasteiger partial charge is 0.175 e. The molecule has 0 saturated carbocycles. The highest BCUT2D eigenvalue weighted by Gasteiger charge is 2.27. The molecule has 1 N–H and O–H groups in total. The van der Waals surface area contributed by atoms with Crippen molar-refractivity contribution >= 4 is 11.3 Å². The number of fused-ring (bicyclic) bond motifs is 1. The Hall–Kier alpha value is -2.12. The number of rotatable bonds is 2. The van der Waals surface area contributed by atoms with Crippen LogP contribution in [0.5, 0.6) is 0 Å². The van der Waals surface area contributed by atoms with Crippen LogP contribution in [0, 0.1) is 0 Å². The molecule has 0 spiro atoms. The van der Waals surface area contributed by atoms with Crippen molar-refractivity contribution in [2.24, 2.45) is 0 Å². The zero-order valence-corrected chi connectivity index (χ0v) is 11.4. The molecule has 7 heteroatoms. The Kier molecular flexibility index (Phi) is 2.79. The molecule has 100 valence electrons. The van der Waals surface area contributed by atoms with Crippen LogP contribution in [0.15, 0.2) is 36.2 Å². The minimum absolute atomic E-state index is 0.0478. The van der Waals surface area contributed by atoms with Crippen molar-refractivity contribution in [3.05, 3.63) is 47.6 Å². The molecule has 0 aromatic carbocycles. The van der Waals surface area contributed by atoms with Gasteiger partial charge in [-0.1, -0.05) is 6.07 Å². The van der Waals surface area contributed by atoms with Crippen LogP contribution in [0.2, 0.25) is 0 Å². The predicted octanol–water partition coefficient (Wildman–Crippen LogP) is 1.49. The van der Waals surface area contributed by atoms with Crippen molar-refractivity contribution in [3.8, 4) is 10.7 Å². The highest BCUT2D eigenvalue weighted by Crippen LogP contribution is 2.28. The summed E-state index contributed by atoms with van der Waals surface area (Å²) in [5.41, 5.74) is 2.92. The molecule has 3 aromatic heterocycles. The first kappa shape index (κ1) is 11.7. The van der Waals surface area contributed by atoms with Crippen LogP contribution >= 0.6 is 11.3 Å². The molecule has 6 nitrogen and oxygen atoms in total. The third-order valence-electron chi connectivity index (χ3n) is 3.39. The molecule has 0 amide bonds.